The van der Waals surface area contributed by atoms with Crippen molar-refractivity contribution in [1.29, 1.82) is 0 Å². The van der Waals surface area contributed by atoms with Crippen molar-refractivity contribution in [3.63, 3.8) is 0 Å². The van der Waals surface area contributed by atoms with E-state index in [1.807, 2.05) is 13.0 Å². The highest BCUT2D eigenvalue weighted by Crippen LogP contribution is 2.24. The molecule has 0 atom stereocenters. The Balaban J connectivity index is 1.37. The molecular formula is C29H21BrCl2N2O4. The van der Waals surface area contributed by atoms with Crippen LogP contribution >= 0.6 is 39.1 Å². The summed E-state index contributed by atoms with van der Waals surface area (Å²) in [6.45, 7) is 2.16. The molecule has 0 bridgehead atoms. The van der Waals surface area contributed by atoms with E-state index in [1.54, 1.807) is 78.9 Å². The minimum absolute atomic E-state index is 0.259. The predicted octanol–water partition coefficient (Wildman–Crippen LogP) is 7.63. The van der Waals surface area contributed by atoms with Gasteiger partial charge in [0.15, 0.2) is 0 Å². The third-order valence-corrected chi connectivity index (χ3v) is 6.40. The minimum Gasteiger partial charge on any atom is -0.489 e. The summed E-state index contributed by atoms with van der Waals surface area (Å²) in [6, 6.07) is 24.0. The van der Waals surface area contributed by atoms with Crippen molar-refractivity contribution < 1.29 is 19.1 Å². The molecule has 38 heavy (non-hydrogen) atoms. The summed E-state index contributed by atoms with van der Waals surface area (Å²) in [4.78, 5) is 25.1. The lowest BCUT2D eigenvalue weighted by molar-refractivity contribution is 0.0734. The van der Waals surface area contributed by atoms with Gasteiger partial charge >= 0.3 is 5.97 Å². The number of aryl methyl sites for hydroxylation is 1. The number of hydrogen-bond acceptors (Lipinski definition) is 5. The lowest BCUT2D eigenvalue weighted by Gasteiger charge is -2.09. The van der Waals surface area contributed by atoms with E-state index < -0.39 is 11.9 Å². The minimum atomic E-state index is -0.490. The summed E-state index contributed by atoms with van der Waals surface area (Å²) >= 11 is 15.5. The molecule has 0 saturated carbocycles. The molecule has 4 aromatic carbocycles. The van der Waals surface area contributed by atoms with Crippen LogP contribution in [0.3, 0.4) is 0 Å². The van der Waals surface area contributed by atoms with Crippen LogP contribution in [0.15, 0.2) is 94.5 Å². The van der Waals surface area contributed by atoms with Crippen LogP contribution in [-0.2, 0) is 6.61 Å². The predicted molar refractivity (Wildman–Crippen MR) is 153 cm³/mol. The molecule has 0 radical (unpaired) electrons. The largest absolute Gasteiger partial charge is 0.489 e. The lowest BCUT2D eigenvalue weighted by Crippen LogP contribution is -2.17. The van der Waals surface area contributed by atoms with Crippen molar-refractivity contribution in [3.8, 4) is 11.5 Å². The summed E-state index contributed by atoms with van der Waals surface area (Å²) < 4.78 is 12.1. The molecule has 0 spiro atoms. The molecule has 192 valence electrons. The molecule has 0 aliphatic heterocycles. The maximum absolute atomic E-state index is 12.6. The Kier molecular flexibility index (Phi) is 9.18. The van der Waals surface area contributed by atoms with Crippen molar-refractivity contribution in [2.75, 3.05) is 0 Å². The molecule has 0 aliphatic rings. The topological polar surface area (TPSA) is 77.0 Å². The number of hydrazone groups is 1. The summed E-state index contributed by atoms with van der Waals surface area (Å²) in [5.74, 6) is -0.0255. The third kappa shape index (κ3) is 7.44. The Morgan fingerprint density at radius 1 is 0.947 bits per heavy atom. The van der Waals surface area contributed by atoms with Crippen molar-refractivity contribution in [2.24, 2.45) is 5.10 Å². The van der Waals surface area contributed by atoms with E-state index >= 15 is 0 Å². The SMILES string of the molecule is Cc1cccc(C(=O)Oc2ccc(Br)cc2/C=N/NC(=O)c2ccc(OCc3ccc(Cl)cc3Cl)cc2)c1. The molecule has 0 fully saturated rings. The van der Waals surface area contributed by atoms with Crippen molar-refractivity contribution in [2.45, 2.75) is 13.5 Å². The number of nitrogens with one attached hydrogen (secondary N) is 1. The van der Waals surface area contributed by atoms with E-state index in [0.717, 1.165) is 15.6 Å². The number of ether oxygens (including phenoxy) is 2. The first-order chi connectivity index (χ1) is 18.3. The van der Waals surface area contributed by atoms with Crippen LogP contribution in [0.25, 0.3) is 0 Å². The molecule has 0 heterocycles. The van der Waals surface area contributed by atoms with Crippen LogP contribution in [0.5, 0.6) is 11.5 Å². The molecule has 4 aromatic rings. The highest BCUT2D eigenvalue weighted by Gasteiger charge is 2.12. The number of amides is 1. The van der Waals surface area contributed by atoms with Crippen molar-refractivity contribution in [1.82, 2.24) is 5.43 Å². The molecule has 0 unspecified atom stereocenters. The normalized spacial score (nSPS) is 10.8. The van der Waals surface area contributed by atoms with Gasteiger partial charge in [-0.2, -0.15) is 5.10 Å². The van der Waals surface area contributed by atoms with Crippen molar-refractivity contribution in [3.05, 3.63) is 127 Å². The molecule has 1 amide bonds. The molecular weight excluding hydrogens is 591 g/mol. The number of carbonyl (C=O) groups is 2. The number of hydrogen-bond donors (Lipinski definition) is 1. The van der Waals surface area contributed by atoms with Crippen LogP contribution in [0, 0.1) is 6.92 Å². The van der Waals surface area contributed by atoms with E-state index in [0.29, 0.717) is 38.2 Å². The molecule has 6 nitrogen and oxygen atoms in total. The van der Waals surface area contributed by atoms with Crippen molar-refractivity contribution >= 4 is 57.2 Å². The van der Waals surface area contributed by atoms with Gasteiger partial charge in [-0.1, -0.05) is 62.9 Å². The molecule has 0 aliphatic carbocycles. The number of esters is 1. The number of rotatable bonds is 8. The fraction of sp³-hybridized carbons (Fsp3) is 0.0690. The smallest absolute Gasteiger partial charge is 0.343 e. The average Bonchev–Trinajstić information content (AvgIpc) is 2.90. The van der Waals surface area contributed by atoms with Gasteiger partial charge in [0.1, 0.15) is 18.1 Å². The van der Waals surface area contributed by atoms with Gasteiger partial charge in [-0.25, -0.2) is 10.2 Å². The van der Waals surface area contributed by atoms with E-state index in [4.69, 9.17) is 32.7 Å². The van der Waals surface area contributed by atoms with Crippen LogP contribution in [0.4, 0.5) is 0 Å². The number of carbonyl (C=O) groups excluding carboxylic acids is 2. The monoisotopic (exact) mass is 610 g/mol. The van der Waals surface area contributed by atoms with Gasteiger partial charge in [-0.15, -0.1) is 0 Å². The second kappa shape index (κ2) is 12.7. The standard InChI is InChI=1S/C29H21BrCl2N2O4/c1-18-3-2-4-20(13-18)29(36)38-27-12-8-23(30)14-22(27)16-33-34-28(35)19-6-10-25(11-7-19)37-17-21-5-9-24(31)15-26(21)32/h2-16H,17H2,1H3,(H,34,35)/b33-16+. The molecule has 1 N–H and O–H groups in total. The zero-order valence-electron chi connectivity index (χ0n) is 20.1. The second-order valence-electron chi connectivity index (χ2n) is 8.19. The van der Waals surface area contributed by atoms with Crippen LogP contribution in [0.2, 0.25) is 10.0 Å². The lowest BCUT2D eigenvalue weighted by atomic mass is 10.1. The van der Waals surface area contributed by atoms with Crippen LogP contribution in [-0.4, -0.2) is 18.1 Å². The third-order valence-electron chi connectivity index (χ3n) is 5.32. The van der Waals surface area contributed by atoms with E-state index in [9.17, 15) is 9.59 Å². The maximum atomic E-state index is 12.6. The number of nitrogens with zero attached hydrogens (tertiary/aromatic N) is 1. The van der Waals surface area contributed by atoms with Gasteiger partial charge < -0.3 is 9.47 Å². The fourth-order valence-electron chi connectivity index (χ4n) is 3.37. The van der Waals surface area contributed by atoms with Crippen LogP contribution < -0.4 is 14.9 Å². The van der Waals surface area contributed by atoms with E-state index in [1.165, 1.54) is 6.21 Å². The zero-order chi connectivity index (χ0) is 27.1. The van der Waals surface area contributed by atoms with Gasteiger partial charge in [0.2, 0.25) is 0 Å². The Bertz CT molecular complexity index is 1510. The van der Waals surface area contributed by atoms with Gasteiger partial charge in [0.25, 0.3) is 5.91 Å². The van der Waals surface area contributed by atoms with Gasteiger partial charge in [0.05, 0.1) is 11.8 Å². The maximum Gasteiger partial charge on any atom is 0.343 e. The highest BCUT2D eigenvalue weighted by molar-refractivity contribution is 9.10. The Hall–Kier alpha value is -3.65. The Morgan fingerprint density at radius 3 is 2.47 bits per heavy atom. The van der Waals surface area contributed by atoms with E-state index in [2.05, 4.69) is 26.5 Å². The summed E-state index contributed by atoms with van der Waals surface area (Å²) in [7, 11) is 0. The molecule has 0 aromatic heterocycles. The average molecular weight is 612 g/mol. The molecule has 9 heteroatoms. The Morgan fingerprint density at radius 2 is 1.74 bits per heavy atom. The first-order valence-corrected chi connectivity index (χ1v) is 12.9. The highest BCUT2D eigenvalue weighted by atomic mass is 79.9. The van der Waals surface area contributed by atoms with Gasteiger partial charge in [-0.3, -0.25) is 4.79 Å². The number of halogens is 3. The zero-order valence-corrected chi connectivity index (χ0v) is 23.2. The Labute approximate surface area is 238 Å². The summed E-state index contributed by atoms with van der Waals surface area (Å²) in [5, 5.41) is 5.11. The fourth-order valence-corrected chi connectivity index (χ4v) is 4.21. The number of benzene rings is 4. The molecule has 0 saturated heterocycles. The van der Waals surface area contributed by atoms with Crippen LogP contribution in [0.1, 0.15) is 37.4 Å². The second-order valence-corrected chi connectivity index (χ2v) is 9.95. The summed E-state index contributed by atoms with van der Waals surface area (Å²) in [5.41, 5.74) is 5.56. The first kappa shape index (κ1) is 27.4. The first-order valence-electron chi connectivity index (χ1n) is 11.4. The quantitative estimate of drug-likeness (QED) is 0.0962. The van der Waals surface area contributed by atoms with Gasteiger partial charge in [0, 0.05) is 31.2 Å². The van der Waals surface area contributed by atoms with Gasteiger partial charge in [-0.05, 0) is 73.7 Å². The molecule has 4 rings (SSSR count). The summed E-state index contributed by atoms with van der Waals surface area (Å²) in [6.07, 6.45) is 1.41. The van der Waals surface area contributed by atoms with E-state index in [-0.39, 0.29) is 6.61 Å².